The van der Waals surface area contributed by atoms with E-state index in [-0.39, 0.29) is 18.4 Å². The van der Waals surface area contributed by atoms with Crippen LogP contribution < -0.4 is 10.1 Å². The van der Waals surface area contributed by atoms with Crippen LogP contribution in [-0.4, -0.2) is 48.6 Å². The van der Waals surface area contributed by atoms with Crippen molar-refractivity contribution in [3.63, 3.8) is 0 Å². The highest BCUT2D eigenvalue weighted by molar-refractivity contribution is 5.97. The molecule has 0 saturated carbocycles. The van der Waals surface area contributed by atoms with Gasteiger partial charge in [-0.25, -0.2) is 0 Å². The Labute approximate surface area is 149 Å². The van der Waals surface area contributed by atoms with Crippen LogP contribution in [0.5, 0.6) is 5.75 Å². The van der Waals surface area contributed by atoms with Crippen LogP contribution in [0.25, 0.3) is 0 Å². The number of anilines is 1. The molecule has 1 saturated heterocycles. The number of hydrogen-bond donors (Lipinski definition) is 1. The van der Waals surface area contributed by atoms with Gasteiger partial charge in [-0.1, -0.05) is 6.92 Å². The van der Waals surface area contributed by atoms with Gasteiger partial charge in [0.2, 0.25) is 0 Å². The van der Waals surface area contributed by atoms with E-state index in [9.17, 15) is 9.59 Å². The molecule has 2 amide bonds. The third-order valence-corrected chi connectivity index (χ3v) is 4.55. The minimum atomic E-state index is -0.841. The van der Waals surface area contributed by atoms with Crippen molar-refractivity contribution in [3.8, 4) is 5.75 Å². The molecule has 1 N–H and O–H groups in total. The average Bonchev–Trinajstić information content (AvgIpc) is 3.15. The number of nitrogens with zero attached hydrogens (tertiary/aromatic N) is 1. The molecule has 6 nitrogen and oxygen atoms in total. The highest BCUT2D eigenvalue weighted by atomic mass is 16.5. The molecule has 2 rings (SSSR count). The summed E-state index contributed by atoms with van der Waals surface area (Å²) in [7, 11) is 0. The fourth-order valence-electron chi connectivity index (χ4n) is 2.75. The molecule has 138 valence electrons. The van der Waals surface area contributed by atoms with E-state index in [4.69, 9.17) is 9.47 Å². The normalized spacial score (nSPS) is 16.4. The third kappa shape index (κ3) is 5.19. The average molecular weight is 348 g/mol. The minimum Gasteiger partial charge on any atom is -0.484 e. The number of hydrogen-bond acceptors (Lipinski definition) is 4. The van der Waals surface area contributed by atoms with Crippen molar-refractivity contribution in [1.82, 2.24) is 4.90 Å². The predicted octanol–water partition coefficient (Wildman–Crippen LogP) is 2.83. The van der Waals surface area contributed by atoms with Crippen molar-refractivity contribution in [2.45, 2.75) is 45.6 Å². The highest BCUT2D eigenvalue weighted by Gasteiger charge is 2.31. The molecule has 0 aliphatic carbocycles. The standard InChI is InChI=1S/C19H28N2O4/c1-4-19(3,25-5-2)18(23)20-15-8-10-16(11-9-15)24-14-17(22)21-12-6-7-13-21/h8-11H,4-7,12-14H2,1-3H3,(H,20,23). The lowest BCUT2D eigenvalue weighted by molar-refractivity contribution is -0.139. The van der Waals surface area contributed by atoms with Gasteiger partial charge in [0.05, 0.1) is 0 Å². The molecular weight excluding hydrogens is 320 g/mol. The molecule has 1 unspecified atom stereocenters. The van der Waals surface area contributed by atoms with E-state index in [1.807, 2.05) is 18.7 Å². The van der Waals surface area contributed by atoms with Crippen molar-refractivity contribution in [2.75, 3.05) is 31.6 Å². The summed E-state index contributed by atoms with van der Waals surface area (Å²) >= 11 is 0. The van der Waals surface area contributed by atoms with Crippen molar-refractivity contribution < 1.29 is 19.1 Å². The topological polar surface area (TPSA) is 67.9 Å². The Hall–Kier alpha value is -2.08. The minimum absolute atomic E-state index is 0.0188. The smallest absolute Gasteiger partial charge is 0.260 e. The zero-order chi connectivity index (χ0) is 18.3. The first-order valence-corrected chi connectivity index (χ1v) is 8.94. The highest BCUT2D eigenvalue weighted by Crippen LogP contribution is 2.21. The number of ether oxygens (including phenoxy) is 2. The van der Waals surface area contributed by atoms with Gasteiger partial charge in [0.25, 0.3) is 11.8 Å². The van der Waals surface area contributed by atoms with E-state index in [1.165, 1.54) is 0 Å². The molecule has 0 spiro atoms. The first kappa shape index (κ1) is 19.2. The van der Waals surface area contributed by atoms with Gasteiger partial charge in [0.1, 0.15) is 11.4 Å². The SMILES string of the molecule is CCOC(C)(CC)C(=O)Nc1ccc(OCC(=O)N2CCCC2)cc1. The number of amides is 2. The lowest BCUT2D eigenvalue weighted by Gasteiger charge is -2.26. The van der Waals surface area contributed by atoms with Gasteiger partial charge >= 0.3 is 0 Å². The fourth-order valence-corrected chi connectivity index (χ4v) is 2.75. The Morgan fingerprint density at radius 1 is 1.16 bits per heavy atom. The molecule has 1 aliphatic heterocycles. The number of benzene rings is 1. The molecule has 1 atom stereocenters. The van der Waals surface area contributed by atoms with E-state index in [0.717, 1.165) is 25.9 Å². The summed E-state index contributed by atoms with van der Waals surface area (Å²) in [5, 5.41) is 2.86. The van der Waals surface area contributed by atoms with Crippen LogP contribution in [0.4, 0.5) is 5.69 Å². The van der Waals surface area contributed by atoms with Gasteiger partial charge < -0.3 is 19.7 Å². The summed E-state index contributed by atoms with van der Waals surface area (Å²) in [5.41, 5.74) is -0.172. The van der Waals surface area contributed by atoms with Gasteiger partial charge in [-0.05, 0) is 57.4 Å². The molecule has 1 aromatic rings. The number of rotatable bonds is 8. The van der Waals surface area contributed by atoms with E-state index >= 15 is 0 Å². The summed E-state index contributed by atoms with van der Waals surface area (Å²) in [6.07, 6.45) is 2.73. The largest absolute Gasteiger partial charge is 0.484 e. The van der Waals surface area contributed by atoms with Crippen molar-refractivity contribution in [1.29, 1.82) is 0 Å². The van der Waals surface area contributed by atoms with Crippen LogP contribution in [0.1, 0.15) is 40.0 Å². The van der Waals surface area contributed by atoms with E-state index in [1.54, 1.807) is 31.2 Å². The van der Waals surface area contributed by atoms with E-state index < -0.39 is 5.60 Å². The number of nitrogens with one attached hydrogen (secondary N) is 1. The molecule has 1 fully saturated rings. The number of carbonyl (C=O) groups is 2. The van der Waals surface area contributed by atoms with Crippen molar-refractivity contribution in [2.24, 2.45) is 0 Å². The van der Waals surface area contributed by atoms with Gasteiger partial charge in [-0.15, -0.1) is 0 Å². The lowest BCUT2D eigenvalue weighted by Crippen LogP contribution is -2.42. The molecular formula is C19H28N2O4. The Morgan fingerprint density at radius 2 is 1.80 bits per heavy atom. The summed E-state index contributed by atoms with van der Waals surface area (Å²) in [4.78, 5) is 26.2. The van der Waals surface area contributed by atoms with Gasteiger partial charge in [0.15, 0.2) is 6.61 Å². The quantitative estimate of drug-likeness (QED) is 0.784. The van der Waals surface area contributed by atoms with Gasteiger partial charge in [0, 0.05) is 25.4 Å². The monoisotopic (exact) mass is 348 g/mol. The van der Waals surface area contributed by atoms with Crippen molar-refractivity contribution >= 4 is 17.5 Å². The van der Waals surface area contributed by atoms with Crippen LogP contribution in [0.3, 0.4) is 0 Å². The van der Waals surface area contributed by atoms with Crippen molar-refractivity contribution in [3.05, 3.63) is 24.3 Å². The molecule has 1 aromatic carbocycles. The second-order valence-corrected chi connectivity index (χ2v) is 6.37. The number of carbonyl (C=O) groups excluding carboxylic acids is 2. The van der Waals surface area contributed by atoms with E-state index in [0.29, 0.717) is 24.5 Å². The maximum atomic E-state index is 12.4. The van der Waals surface area contributed by atoms with E-state index in [2.05, 4.69) is 5.32 Å². The van der Waals surface area contributed by atoms with Gasteiger partial charge in [-0.2, -0.15) is 0 Å². The zero-order valence-corrected chi connectivity index (χ0v) is 15.3. The Morgan fingerprint density at radius 3 is 2.36 bits per heavy atom. The van der Waals surface area contributed by atoms with Crippen LogP contribution in [0, 0.1) is 0 Å². The second-order valence-electron chi connectivity index (χ2n) is 6.37. The van der Waals surface area contributed by atoms with Crippen LogP contribution >= 0.6 is 0 Å². The Balaban J connectivity index is 1.86. The first-order valence-electron chi connectivity index (χ1n) is 8.94. The second kappa shape index (κ2) is 8.85. The molecule has 25 heavy (non-hydrogen) atoms. The molecule has 0 bridgehead atoms. The van der Waals surface area contributed by atoms with Gasteiger partial charge in [-0.3, -0.25) is 9.59 Å². The molecule has 0 radical (unpaired) electrons. The molecule has 6 heteroatoms. The summed E-state index contributed by atoms with van der Waals surface area (Å²) in [6.45, 7) is 7.75. The van der Waals surface area contributed by atoms with Crippen LogP contribution in [0.15, 0.2) is 24.3 Å². The Bertz CT molecular complexity index is 582. The predicted molar refractivity (Wildman–Crippen MR) is 96.7 cm³/mol. The maximum Gasteiger partial charge on any atom is 0.260 e. The molecule has 0 aromatic heterocycles. The lowest BCUT2D eigenvalue weighted by atomic mass is 10.0. The third-order valence-electron chi connectivity index (χ3n) is 4.55. The summed E-state index contributed by atoms with van der Waals surface area (Å²) in [6, 6.07) is 7.01. The maximum absolute atomic E-state index is 12.4. The Kier molecular flexibility index (Phi) is 6.82. The first-order chi connectivity index (χ1) is 12.0. The van der Waals surface area contributed by atoms with Crippen LogP contribution in [-0.2, 0) is 14.3 Å². The molecule has 1 aliphatic rings. The summed E-state index contributed by atoms with van der Waals surface area (Å²) < 4.78 is 11.1. The number of likely N-dealkylation sites (tertiary alicyclic amines) is 1. The zero-order valence-electron chi connectivity index (χ0n) is 15.3. The molecule has 1 heterocycles. The summed E-state index contributed by atoms with van der Waals surface area (Å²) in [5.74, 6) is 0.452. The van der Waals surface area contributed by atoms with Crippen LogP contribution in [0.2, 0.25) is 0 Å². The fraction of sp³-hybridized carbons (Fsp3) is 0.579.